The molecular formula is C16H26N2O3. The Morgan fingerprint density at radius 3 is 2.57 bits per heavy atom. The average molecular weight is 294 g/mol. The lowest BCUT2D eigenvalue weighted by molar-refractivity contribution is -0.121. The molecule has 2 N–H and O–H groups in total. The minimum atomic E-state index is 0.0498. The zero-order valence-corrected chi connectivity index (χ0v) is 13.2. The van der Waals surface area contributed by atoms with Crippen LogP contribution in [0.2, 0.25) is 0 Å². The van der Waals surface area contributed by atoms with Gasteiger partial charge in [0.2, 0.25) is 5.91 Å². The van der Waals surface area contributed by atoms with Crippen molar-refractivity contribution in [2.45, 2.75) is 32.7 Å². The normalized spacial score (nSPS) is 10.2. The Balaban J connectivity index is 2.32. The Morgan fingerprint density at radius 2 is 1.90 bits per heavy atom. The zero-order valence-electron chi connectivity index (χ0n) is 13.2. The summed E-state index contributed by atoms with van der Waals surface area (Å²) in [5, 5.41) is 6.15. The number of carbonyl (C=O) groups excluding carboxylic acids is 1. The third kappa shape index (κ3) is 6.49. The van der Waals surface area contributed by atoms with Gasteiger partial charge in [0.1, 0.15) is 0 Å². The minimum Gasteiger partial charge on any atom is -0.493 e. The molecule has 0 aliphatic heterocycles. The van der Waals surface area contributed by atoms with Gasteiger partial charge in [-0.1, -0.05) is 19.4 Å². The number of hydrogen-bond donors (Lipinski definition) is 2. The van der Waals surface area contributed by atoms with E-state index in [0.717, 1.165) is 25.1 Å². The molecule has 21 heavy (non-hydrogen) atoms. The highest BCUT2D eigenvalue weighted by Crippen LogP contribution is 2.27. The van der Waals surface area contributed by atoms with E-state index in [0.29, 0.717) is 24.5 Å². The SMILES string of the molecule is CCCCNCCC(=O)NCc1ccc(OC)c(OC)c1. The van der Waals surface area contributed by atoms with Crippen molar-refractivity contribution >= 4 is 5.91 Å². The molecule has 0 saturated heterocycles. The monoisotopic (exact) mass is 294 g/mol. The fraction of sp³-hybridized carbons (Fsp3) is 0.562. The molecule has 0 aliphatic carbocycles. The predicted molar refractivity (Wildman–Crippen MR) is 83.8 cm³/mol. The highest BCUT2D eigenvalue weighted by molar-refractivity contribution is 5.76. The molecule has 5 heteroatoms. The summed E-state index contributed by atoms with van der Waals surface area (Å²) in [5.41, 5.74) is 0.986. The molecule has 0 aromatic heterocycles. The number of methoxy groups -OCH3 is 2. The molecule has 5 nitrogen and oxygen atoms in total. The second-order valence-corrected chi connectivity index (χ2v) is 4.82. The van der Waals surface area contributed by atoms with Gasteiger partial charge in [-0.2, -0.15) is 0 Å². The van der Waals surface area contributed by atoms with Gasteiger partial charge in [-0.25, -0.2) is 0 Å². The lowest BCUT2D eigenvalue weighted by atomic mass is 10.2. The molecule has 0 aliphatic rings. The standard InChI is InChI=1S/C16H26N2O3/c1-4-5-9-17-10-8-16(19)18-12-13-6-7-14(20-2)15(11-13)21-3/h6-7,11,17H,4-5,8-10,12H2,1-3H3,(H,18,19). The Bertz CT molecular complexity index is 436. The Hall–Kier alpha value is -1.75. The van der Waals surface area contributed by atoms with Crippen LogP contribution in [0.3, 0.4) is 0 Å². The van der Waals surface area contributed by atoms with Gasteiger partial charge in [-0.3, -0.25) is 4.79 Å². The highest BCUT2D eigenvalue weighted by Gasteiger charge is 2.06. The first-order chi connectivity index (χ1) is 10.2. The highest BCUT2D eigenvalue weighted by atomic mass is 16.5. The largest absolute Gasteiger partial charge is 0.493 e. The van der Waals surface area contributed by atoms with E-state index in [-0.39, 0.29) is 5.91 Å². The molecule has 1 rings (SSSR count). The summed E-state index contributed by atoms with van der Waals surface area (Å²) >= 11 is 0. The van der Waals surface area contributed by atoms with Crippen LogP contribution in [-0.2, 0) is 11.3 Å². The molecule has 0 spiro atoms. The molecule has 0 saturated carbocycles. The number of nitrogens with one attached hydrogen (secondary N) is 2. The van der Waals surface area contributed by atoms with Crippen molar-refractivity contribution in [1.29, 1.82) is 0 Å². The zero-order chi connectivity index (χ0) is 15.5. The van der Waals surface area contributed by atoms with Gasteiger partial charge in [0.05, 0.1) is 14.2 Å². The van der Waals surface area contributed by atoms with E-state index in [9.17, 15) is 4.79 Å². The summed E-state index contributed by atoms with van der Waals surface area (Å²) in [5.74, 6) is 1.41. The molecule has 0 bridgehead atoms. The number of hydrogen-bond acceptors (Lipinski definition) is 4. The summed E-state index contributed by atoms with van der Waals surface area (Å²) in [6.07, 6.45) is 2.81. The summed E-state index contributed by atoms with van der Waals surface area (Å²) < 4.78 is 10.4. The lowest BCUT2D eigenvalue weighted by Gasteiger charge is -2.10. The van der Waals surface area contributed by atoms with Crippen LogP contribution in [0, 0.1) is 0 Å². The molecule has 118 valence electrons. The van der Waals surface area contributed by atoms with Gasteiger partial charge in [-0.15, -0.1) is 0 Å². The van der Waals surface area contributed by atoms with E-state index in [1.807, 2.05) is 18.2 Å². The van der Waals surface area contributed by atoms with E-state index < -0.39 is 0 Å². The van der Waals surface area contributed by atoms with Crippen molar-refractivity contribution in [3.05, 3.63) is 23.8 Å². The van der Waals surface area contributed by atoms with E-state index in [1.54, 1.807) is 14.2 Å². The Kier molecular flexibility index (Phi) is 8.28. The molecule has 1 amide bonds. The number of benzene rings is 1. The molecule has 1 aromatic rings. The Morgan fingerprint density at radius 1 is 1.14 bits per heavy atom. The van der Waals surface area contributed by atoms with Crippen LogP contribution in [0.25, 0.3) is 0 Å². The van der Waals surface area contributed by atoms with E-state index in [4.69, 9.17) is 9.47 Å². The summed E-state index contributed by atoms with van der Waals surface area (Å²) in [7, 11) is 3.20. The third-order valence-corrected chi connectivity index (χ3v) is 3.17. The smallest absolute Gasteiger partial charge is 0.221 e. The molecule has 1 aromatic carbocycles. The maximum absolute atomic E-state index is 11.7. The van der Waals surface area contributed by atoms with Gasteiger partial charge in [-0.05, 0) is 30.7 Å². The van der Waals surface area contributed by atoms with Crippen LogP contribution in [-0.4, -0.2) is 33.2 Å². The van der Waals surface area contributed by atoms with Crippen LogP contribution in [0.5, 0.6) is 11.5 Å². The van der Waals surface area contributed by atoms with Crippen molar-refractivity contribution in [2.75, 3.05) is 27.3 Å². The maximum Gasteiger partial charge on any atom is 0.221 e. The van der Waals surface area contributed by atoms with E-state index in [2.05, 4.69) is 17.6 Å². The average Bonchev–Trinajstić information content (AvgIpc) is 2.52. The molecule has 0 radical (unpaired) electrons. The van der Waals surface area contributed by atoms with Crippen molar-refractivity contribution in [3.63, 3.8) is 0 Å². The second-order valence-electron chi connectivity index (χ2n) is 4.82. The van der Waals surface area contributed by atoms with E-state index >= 15 is 0 Å². The summed E-state index contributed by atoms with van der Waals surface area (Å²) in [6.45, 7) is 4.34. The molecule has 0 fully saturated rings. The fourth-order valence-corrected chi connectivity index (χ4v) is 1.91. The first kappa shape index (κ1) is 17.3. The van der Waals surface area contributed by atoms with Crippen LogP contribution >= 0.6 is 0 Å². The van der Waals surface area contributed by atoms with Crippen LogP contribution in [0.1, 0.15) is 31.7 Å². The van der Waals surface area contributed by atoms with Crippen molar-refractivity contribution < 1.29 is 14.3 Å². The predicted octanol–water partition coefficient (Wildman–Crippen LogP) is 2.10. The summed E-state index contributed by atoms with van der Waals surface area (Å²) in [6, 6.07) is 5.63. The maximum atomic E-state index is 11.7. The molecule has 0 heterocycles. The topological polar surface area (TPSA) is 59.6 Å². The Labute approximate surface area is 127 Å². The number of amides is 1. The van der Waals surface area contributed by atoms with Gasteiger partial charge in [0.25, 0.3) is 0 Å². The van der Waals surface area contributed by atoms with Crippen molar-refractivity contribution in [3.8, 4) is 11.5 Å². The first-order valence-corrected chi connectivity index (χ1v) is 7.39. The number of rotatable bonds is 10. The van der Waals surface area contributed by atoms with Gasteiger partial charge in [0.15, 0.2) is 11.5 Å². The fourth-order valence-electron chi connectivity index (χ4n) is 1.91. The number of carbonyl (C=O) groups is 1. The quantitative estimate of drug-likeness (QED) is 0.649. The van der Waals surface area contributed by atoms with Crippen LogP contribution in [0.15, 0.2) is 18.2 Å². The lowest BCUT2D eigenvalue weighted by Crippen LogP contribution is -2.27. The number of unbranched alkanes of at least 4 members (excludes halogenated alkanes) is 1. The third-order valence-electron chi connectivity index (χ3n) is 3.17. The van der Waals surface area contributed by atoms with E-state index in [1.165, 1.54) is 6.42 Å². The van der Waals surface area contributed by atoms with Crippen molar-refractivity contribution in [2.24, 2.45) is 0 Å². The number of ether oxygens (including phenoxy) is 2. The first-order valence-electron chi connectivity index (χ1n) is 7.39. The van der Waals surface area contributed by atoms with Crippen LogP contribution < -0.4 is 20.1 Å². The molecular weight excluding hydrogens is 268 g/mol. The summed E-state index contributed by atoms with van der Waals surface area (Å²) in [4.78, 5) is 11.7. The van der Waals surface area contributed by atoms with Gasteiger partial charge >= 0.3 is 0 Å². The molecule has 0 unspecified atom stereocenters. The van der Waals surface area contributed by atoms with Gasteiger partial charge < -0.3 is 20.1 Å². The second kappa shape index (κ2) is 10.0. The minimum absolute atomic E-state index is 0.0498. The molecule has 0 atom stereocenters. The van der Waals surface area contributed by atoms with Gasteiger partial charge in [0, 0.05) is 19.5 Å². The van der Waals surface area contributed by atoms with Crippen molar-refractivity contribution in [1.82, 2.24) is 10.6 Å². The van der Waals surface area contributed by atoms with Crippen LogP contribution in [0.4, 0.5) is 0 Å².